The fourth-order valence-corrected chi connectivity index (χ4v) is 4.44. The average molecular weight is 324 g/mol. The van der Waals surface area contributed by atoms with E-state index in [-0.39, 0.29) is 29.9 Å². The highest BCUT2D eigenvalue weighted by Gasteiger charge is 2.46. The van der Waals surface area contributed by atoms with Crippen molar-refractivity contribution >= 4 is 11.8 Å². The first-order valence-corrected chi connectivity index (χ1v) is 8.99. The van der Waals surface area contributed by atoms with Gasteiger partial charge in [-0.3, -0.25) is 9.59 Å². The van der Waals surface area contributed by atoms with Crippen molar-refractivity contribution in [2.45, 2.75) is 56.9 Å². The number of hydrogen-bond donors (Lipinski definition) is 0. The zero-order chi connectivity index (χ0) is 16.0. The molecule has 3 saturated heterocycles. The predicted octanol–water partition coefficient (Wildman–Crippen LogP) is 1.36. The number of likely N-dealkylation sites (tertiary alicyclic amines) is 2. The number of fused-ring (bicyclic) bond motifs is 1. The van der Waals surface area contributed by atoms with E-state index in [0.717, 1.165) is 45.3 Å². The summed E-state index contributed by atoms with van der Waals surface area (Å²) in [5.74, 6) is 0.459. The van der Waals surface area contributed by atoms with E-state index in [0.29, 0.717) is 25.3 Å². The van der Waals surface area contributed by atoms with Crippen molar-refractivity contribution in [1.29, 1.82) is 0 Å². The molecule has 3 aliphatic heterocycles. The van der Waals surface area contributed by atoms with E-state index in [4.69, 9.17) is 4.74 Å². The predicted molar refractivity (Wildman–Crippen MR) is 81.4 cm³/mol. The first kappa shape index (κ1) is 15.4. The van der Waals surface area contributed by atoms with Gasteiger partial charge in [0.1, 0.15) is 12.3 Å². The van der Waals surface area contributed by atoms with Crippen LogP contribution in [0.25, 0.3) is 0 Å². The van der Waals surface area contributed by atoms with Crippen LogP contribution in [0.1, 0.15) is 38.5 Å². The minimum atomic E-state index is -0.799. The van der Waals surface area contributed by atoms with Crippen LogP contribution in [0.2, 0.25) is 0 Å². The third-order valence-electron chi connectivity index (χ3n) is 5.99. The molecule has 23 heavy (non-hydrogen) atoms. The number of nitrogens with zero attached hydrogens (tertiary/aromatic N) is 2. The van der Waals surface area contributed by atoms with Gasteiger partial charge >= 0.3 is 0 Å². The second kappa shape index (κ2) is 6.04. The molecular formula is C17H25FN2O3. The quantitative estimate of drug-likeness (QED) is 0.771. The third-order valence-corrected chi connectivity index (χ3v) is 5.99. The molecule has 0 aromatic carbocycles. The highest BCUT2D eigenvalue weighted by atomic mass is 19.1. The van der Waals surface area contributed by atoms with Crippen molar-refractivity contribution in [3.63, 3.8) is 0 Å². The number of carbonyl (C=O) groups excluding carboxylic acids is 2. The lowest BCUT2D eigenvalue weighted by molar-refractivity contribution is -0.147. The molecule has 3 heterocycles. The number of piperidine rings is 1. The molecule has 6 heteroatoms. The normalized spacial score (nSPS) is 40.0. The fraction of sp³-hybridized carbons (Fsp3) is 0.882. The largest absolute Gasteiger partial charge is 0.363 e. The van der Waals surface area contributed by atoms with Gasteiger partial charge < -0.3 is 14.5 Å². The zero-order valence-electron chi connectivity index (χ0n) is 13.5. The monoisotopic (exact) mass is 324 g/mol. The van der Waals surface area contributed by atoms with E-state index in [1.165, 1.54) is 0 Å². The topological polar surface area (TPSA) is 49.9 Å². The molecule has 1 aliphatic carbocycles. The van der Waals surface area contributed by atoms with Crippen LogP contribution in [0.15, 0.2) is 0 Å². The molecule has 0 radical (unpaired) electrons. The summed E-state index contributed by atoms with van der Waals surface area (Å²) >= 11 is 0. The molecular weight excluding hydrogens is 299 g/mol. The van der Waals surface area contributed by atoms with E-state index >= 15 is 0 Å². The number of rotatable bonds is 2. The van der Waals surface area contributed by atoms with Gasteiger partial charge in [-0.05, 0) is 44.4 Å². The van der Waals surface area contributed by atoms with Gasteiger partial charge in [-0.25, -0.2) is 4.39 Å². The Morgan fingerprint density at radius 3 is 2.39 bits per heavy atom. The van der Waals surface area contributed by atoms with Crippen LogP contribution in [-0.4, -0.2) is 66.2 Å². The maximum atomic E-state index is 13.0. The first-order chi connectivity index (χ1) is 11.1. The maximum Gasteiger partial charge on any atom is 0.251 e. The third kappa shape index (κ3) is 2.86. The second-order valence-electron chi connectivity index (χ2n) is 7.53. The molecule has 4 aliphatic rings. The van der Waals surface area contributed by atoms with Gasteiger partial charge in [0.15, 0.2) is 0 Å². The van der Waals surface area contributed by atoms with Gasteiger partial charge in [0.2, 0.25) is 5.91 Å². The molecule has 0 spiro atoms. The highest BCUT2D eigenvalue weighted by Crippen LogP contribution is 2.37. The van der Waals surface area contributed by atoms with Crippen molar-refractivity contribution in [3.8, 4) is 0 Å². The average Bonchev–Trinajstić information content (AvgIpc) is 3.18. The van der Waals surface area contributed by atoms with E-state index in [9.17, 15) is 14.0 Å². The molecule has 2 amide bonds. The van der Waals surface area contributed by atoms with E-state index < -0.39 is 6.17 Å². The molecule has 0 unspecified atom stereocenters. The van der Waals surface area contributed by atoms with Crippen LogP contribution >= 0.6 is 0 Å². The summed E-state index contributed by atoms with van der Waals surface area (Å²) in [7, 11) is 0. The van der Waals surface area contributed by atoms with Gasteiger partial charge in [0.25, 0.3) is 5.91 Å². The fourth-order valence-electron chi connectivity index (χ4n) is 4.44. The number of amides is 2. The summed E-state index contributed by atoms with van der Waals surface area (Å²) in [5.41, 5.74) is 0. The second-order valence-corrected chi connectivity index (χ2v) is 7.53. The SMILES string of the molecule is O=C(C1CC(F)C1)N1CC[C@H]2C[C@H](C(=O)N3CCCC3)O[C@@H]2C1. The highest BCUT2D eigenvalue weighted by molar-refractivity contribution is 5.82. The standard InChI is InChI=1S/C17H25FN2O3/c18-13-7-12(8-13)16(21)20-6-3-11-9-14(23-15(11)10-20)17(22)19-4-1-2-5-19/h11-15H,1-10H2/t11-,12?,13?,14+,15+/m0/s1. The van der Waals surface area contributed by atoms with E-state index in [2.05, 4.69) is 0 Å². The summed E-state index contributed by atoms with van der Waals surface area (Å²) in [6.07, 6.45) is 3.47. The molecule has 0 bridgehead atoms. The summed E-state index contributed by atoms with van der Waals surface area (Å²) in [6.45, 7) is 3.00. The summed E-state index contributed by atoms with van der Waals surface area (Å²) in [5, 5.41) is 0. The Labute approximate surface area is 136 Å². The zero-order valence-corrected chi connectivity index (χ0v) is 13.5. The molecule has 3 atom stereocenters. The lowest BCUT2D eigenvalue weighted by Crippen LogP contribution is -2.50. The molecule has 4 fully saturated rings. The van der Waals surface area contributed by atoms with Crippen molar-refractivity contribution in [2.24, 2.45) is 11.8 Å². The van der Waals surface area contributed by atoms with Crippen molar-refractivity contribution in [2.75, 3.05) is 26.2 Å². The van der Waals surface area contributed by atoms with Gasteiger partial charge in [0, 0.05) is 32.1 Å². The van der Waals surface area contributed by atoms with Crippen LogP contribution < -0.4 is 0 Å². The van der Waals surface area contributed by atoms with Crippen molar-refractivity contribution < 1.29 is 18.7 Å². The Morgan fingerprint density at radius 1 is 0.957 bits per heavy atom. The summed E-state index contributed by atoms with van der Waals surface area (Å²) in [6, 6.07) is 0. The van der Waals surface area contributed by atoms with E-state index in [1.54, 1.807) is 0 Å². The Hall–Kier alpha value is -1.17. The summed E-state index contributed by atoms with van der Waals surface area (Å²) in [4.78, 5) is 28.6. The summed E-state index contributed by atoms with van der Waals surface area (Å²) < 4.78 is 19.0. The number of alkyl halides is 1. The van der Waals surface area contributed by atoms with Gasteiger partial charge in [-0.15, -0.1) is 0 Å². The van der Waals surface area contributed by atoms with Crippen LogP contribution in [0.3, 0.4) is 0 Å². The van der Waals surface area contributed by atoms with Crippen molar-refractivity contribution in [3.05, 3.63) is 0 Å². The number of hydrogen-bond acceptors (Lipinski definition) is 3. The Kier molecular flexibility index (Phi) is 4.03. The lowest BCUT2D eigenvalue weighted by Gasteiger charge is -2.39. The maximum absolute atomic E-state index is 13.0. The number of halogens is 1. The Bertz CT molecular complexity index is 488. The first-order valence-electron chi connectivity index (χ1n) is 8.99. The van der Waals surface area contributed by atoms with Gasteiger partial charge in [-0.2, -0.15) is 0 Å². The molecule has 5 nitrogen and oxygen atoms in total. The molecule has 0 aromatic rings. The Morgan fingerprint density at radius 2 is 1.70 bits per heavy atom. The van der Waals surface area contributed by atoms with Crippen molar-refractivity contribution in [1.82, 2.24) is 9.80 Å². The molecule has 0 N–H and O–H groups in total. The molecule has 4 rings (SSSR count). The van der Waals surface area contributed by atoms with Gasteiger partial charge in [-0.1, -0.05) is 0 Å². The molecule has 128 valence electrons. The van der Waals surface area contributed by atoms with E-state index in [1.807, 2.05) is 9.80 Å². The molecule has 1 saturated carbocycles. The lowest BCUT2D eigenvalue weighted by atomic mass is 9.81. The van der Waals surface area contributed by atoms with Gasteiger partial charge in [0.05, 0.1) is 6.10 Å². The number of carbonyl (C=O) groups is 2. The minimum absolute atomic E-state index is 0.0227. The van der Waals surface area contributed by atoms with Crippen LogP contribution in [-0.2, 0) is 14.3 Å². The molecule has 0 aromatic heterocycles. The van der Waals surface area contributed by atoms with Crippen LogP contribution in [0, 0.1) is 11.8 Å². The van der Waals surface area contributed by atoms with Crippen LogP contribution in [0.5, 0.6) is 0 Å². The van der Waals surface area contributed by atoms with Crippen LogP contribution in [0.4, 0.5) is 4.39 Å². The minimum Gasteiger partial charge on any atom is -0.363 e. The number of ether oxygens (including phenoxy) is 1. The Balaban J connectivity index is 1.33. The smallest absolute Gasteiger partial charge is 0.251 e.